The van der Waals surface area contributed by atoms with Crippen molar-refractivity contribution in [2.45, 2.75) is 45.4 Å². The van der Waals surface area contributed by atoms with E-state index in [1.165, 1.54) is 44.2 Å². The summed E-state index contributed by atoms with van der Waals surface area (Å²) in [5.41, 5.74) is 0.0289. The molecule has 0 aliphatic rings. The number of hydrogen-bond acceptors (Lipinski definition) is 12. The van der Waals surface area contributed by atoms with Crippen LogP contribution in [0, 0.1) is 10.1 Å². The second kappa shape index (κ2) is 33.4. The van der Waals surface area contributed by atoms with Crippen molar-refractivity contribution in [1.82, 2.24) is 0 Å². The van der Waals surface area contributed by atoms with Crippen LogP contribution in [0.4, 0.5) is 5.69 Å². The third kappa shape index (κ3) is 29.2. The summed E-state index contributed by atoms with van der Waals surface area (Å²) in [6.45, 7) is 12.1. The van der Waals surface area contributed by atoms with Gasteiger partial charge in [0.05, 0.1) is 117 Å². The van der Waals surface area contributed by atoms with E-state index < -0.39 is 4.92 Å². The van der Waals surface area contributed by atoms with E-state index in [4.69, 9.17) is 47.4 Å². The maximum absolute atomic E-state index is 10.6. The molecule has 0 aliphatic carbocycles. The van der Waals surface area contributed by atoms with Crippen LogP contribution in [-0.2, 0) is 42.6 Å². The van der Waals surface area contributed by atoms with Crippen molar-refractivity contribution in [3.63, 3.8) is 0 Å². The van der Waals surface area contributed by atoms with Crippen LogP contribution in [0.1, 0.15) is 45.4 Å². The van der Waals surface area contributed by atoms with Gasteiger partial charge in [0.15, 0.2) is 0 Å². The van der Waals surface area contributed by atoms with Crippen LogP contribution < -0.4 is 4.74 Å². The Hall–Kier alpha value is -1.94. The van der Waals surface area contributed by atoms with Gasteiger partial charge in [0.2, 0.25) is 0 Å². The van der Waals surface area contributed by atoms with Crippen molar-refractivity contribution in [3.05, 3.63) is 34.4 Å². The number of hydrogen-bond donors (Lipinski definition) is 0. The minimum absolute atomic E-state index is 0.0289. The zero-order chi connectivity index (χ0) is 32.3. The second-order valence-corrected chi connectivity index (χ2v) is 9.88. The largest absolute Gasteiger partial charge is 0.491 e. The van der Waals surface area contributed by atoms with E-state index in [0.29, 0.717) is 125 Å². The molecule has 0 saturated heterocycles. The minimum atomic E-state index is -0.449. The summed E-state index contributed by atoms with van der Waals surface area (Å²) in [4.78, 5) is 10.2. The predicted molar refractivity (Wildman–Crippen MR) is 169 cm³/mol. The molecule has 0 heterocycles. The van der Waals surface area contributed by atoms with Crippen LogP contribution in [0.25, 0.3) is 0 Å². The fourth-order valence-electron chi connectivity index (χ4n) is 3.73. The zero-order valence-electron chi connectivity index (χ0n) is 27.3. The van der Waals surface area contributed by atoms with Crippen molar-refractivity contribution in [1.29, 1.82) is 0 Å². The van der Waals surface area contributed by atoms with E-state index in [-0.39, 0.29) is 5.69 Å². The van der Waals surface area contributed by atoms with Crippen LogP contribution in [0.5, 0.6) is 5.75 Å². The van der Waals surface area contributed by atoms with E-state index in [0.717, 1.165) is 13.0 Å². The number of nitro groups is 1. The van der Waals surface area contributed by atoms with Crippen molar-refractivity contribution < 1.29 is 52.3 Å². The number of non-ortho nitro benzene ring substituents is 1. The second-order valence-electron chi connectivity index (χ2n) is 9.88. The topological polar surface area (TPSA) is 135 Å². The van der Waals surface area contributed by atoms with Gasteiger partial charge < -0.3 is 47.4 Å². The fourth-order valence-corrected chi connectivity index (χ4v) is 3.73. The lowest BCUT2D eigenvalue weighted by Crippen LogP contribution is -2.15. The molecule has 0 aliphatic heterocycles. The number of benzene rings is 1. The van der Waals surface area contributed by atoms with Gasteiger partial charge in [-0.3, -0.25) is 10.1 Å². The Kier molecular flexibility index (Phi) is 30.5. The molecule has 0 atom stereocenters. The molecule has 0 fully saturated rings. The van der Waals surface area contributed by atoms with Gasteiger partial charge in [0, 0.05) is 18.7 Å². The van der Waals surface area contributed by atoms with E-state index in [2.05, 4.69) is 6.92 Å². The molecule has 0 bridgehead atoms. The Balaban J connectivity index is 1.65. The number of ether oxygens (including phenoxy) is 10. The SMILES string of the molecule is CCCCCCCCOCCOCCOCCOCCOCCOCCOCCOCCOCCOc1ccc([N+](=O)[O-])cc1. The lowest BCUT2D eigenvalue weighted by molar-refractivity contribution is -0.384. The standard InChI is InChI=1S/C32H57NO12/c1-2-3-4-5-6-7-12-36-13-14-37-15-16-38-17-18-39-19-20-40-21-22-41-23-24-42-25-26-43-27-28-44-29-30-45-32-10-8-31(9-11-32)33(34)35/h8-11H,2-7,12-30H2,1H3. The fraction of sp³-hybridized carbons (Fsp3) is 0.812. The number of nitrogens with zero attached hydrogens (tertiary/aromatic N) is 1. The van der Waals surface area contributed by atoms with Gasteiger partial charge in [-0.2, -0.15) is 0 Å². The summed E-state index contributed by atoms with van der Waals surface area (Å²) < 4.78 is 54.8. The summed E-state index contributed by atoms with van der Waals surface area (Å²) in [5, 5.41) is 10.6. The number of nitro benzene ring substituents is 1. The summed E-state index contributed by atoms with van der Waals surface area (Å²) in [6.07, 6.45) is 7.65. The molecule has 1 rings (SSSR count). The smallest absolute Gasteiger partial charge is 0.269 e. The molecule has 13 nitrogen and oxygen atoms in total. The van der Waals surface area contributed by atoms with Crippen molar-refractivity contribution in [2.24, 2.45) is 0 Å². The predicted octanol–water partition coefficient (Wildman–Crippen LogP) is 4.48. The Bertz CT molecular complexity index is 756. The van der Waals surface area contributed by atoms with E-state index in [9.17, 15) is 10.1 Å². The molecular weight excluding hydrogens is 590 g/mol. The highest BCUT2D eigenvalue weighted by atomic mass is 16.6. The van der Waals surface area contributed by atoms with Crippen LogP contribution in [-0.4, -0.2) is 130 Å². The van der Waals surface area contributed by atoms with E-state index in [1.54, 1.807) is 12.1 Å². The van der Waals surface area contributed by atoms with Crippen LogP contribution in [0.15, 0.2) is 24.3 Å². The zero-order valence-corrected chi connectivity index (χ0v) is 27.3. The van der Waals surface area contributed by atoms with E-state index in [1.807, 2.05) is 0 Å². The molecule has 0 unspecified atom stereocenters. The molecule has 0 radical (unpaired) electrons. The van der Waals surface area contributed by atoms with Crippen molar-refractivity contribution >= 4 is 5.69 Å². The lowest BCUT2D eigenvalue weighted by atomic mass is 10.1. The molecule has 0 aromatic heterocycles. The first kappa shape index (κ1) is 41.1. The summed E-state index contributed by atoms with van der Waals surface area (Å²) in [5.74, 6) is 0.560. The maximum Gasteiger partial charge on any atom is 0.269 e. The third-order valence-corrected chi connectivity index (χ3v) is 6.16. The molecule has 13 heteroatoms. The molecule has 0 N–H and O–H groups in total. The molecule has 45 heavy (non-hydrogen) atoms. The van der Waals surface area contributed by atoms with E-state index >= 15 is 0 Å². The van der Waals surface area contributed by atoms with Crippen molar-refractivity contribution in [2.75, 3.05) is 126 Å². The quantitative estimate of drug-likeness (QED) is 0.0577. The summed E-state index contributed by atoms with van der Waals surface area (Å²) >= 11 is 0. The molecule has 1 aromatic carbocycles. The Morgan fingerprint density at radius 1 is 0.444 bits per heavy atom. The lowest BCUT2D eigenvalue weighted by Gasteiger charge is -2.09. The van der Waals surface area contributed by atoms with Gasteiger partial charge in [0.1, 0.15) is 12.4 Å². The van der Waals surface area contributed by atoms with Crippen LogP contribution in [0.3, 0.4) is 0 Å². The number of unbranched alkanes of at least 4 members (excludes halogenated alkanes) is 5. The molecular formula is C32H57NO12. The Morgan fingerprint density at radius 3 is 1.11 bits per heavy atom. The first-order chi connectivity index (χ1) is 22.2. The highest BCUT2D eigenvalue weighted by Gasteiger charge is 2.04. The normalized spacial score (nSPS) is 11.3. The average molecular weight is 648 g/mol. The van der Waals surface area contributed by atoms with Gasteiger partial charge in [-0.25, -0.2) is 0 Å². The maximum atomic E-state index is 10.6. The Morgan fingerprint density at radius 2 is 0.756 bits per heavy atom. The summed E-state index contributed by atoms with van der Waals surface area (Å²) in [7, 11) is 0. The van der Waals surface area contributed by atoms with Crippen LogP contribution >= 0.6 is 0 Å². The minimum Gasteiger partial charge on any atom is -0.491 e. The van der Waals surface area contributed by atoms with Gasteiger partial charge in [-0.05, 0) is 18.6 Å². The van der Waals surface area contributed by atoms with Gasteiger partial charge in [-0.1, -0.05) is 39.0 Å². The highest BCUT2D eigenvalue weighted by Crippen LogP contribution is 2.17. The average Bonchev–Trinajstić information content (AvgIpc) is 3.05. The molecule has 0 amide bonds. The first-order valence-electron chi connectivity index (χ1n) is 16.3. The highest BCUT2D eigenvalue weighted by molar-refractivity contribution is 5.35. The molecule has 1 aromatic rings. The van der Waals surface area contributed by atoms with Gasteiger partial charge in [0.25, 0.3) is 5.69 Å². The summed E-state index contributed by atoms with van der Waals surface area (Å²) in [6, 6.07) is 5.92. The Labute approximate surface area is 269 Å². The van der Waals surface area contributed by atoms with Gasteiger partial charge in [-0.15, -0.1) is 0 Å². The number of rotatable bonds is 36. The first-order valence-corrected chi connectivity index (χ1v) is 16.3. The molecule has 0 saturated carbocycles. The monoisotopic (exact) mass is 647 g/mol. The third-order valence-electron chi connectivity index (χ3n) is 6.16. The van der Waals surface area contributed by atoms with Crippen LogP contribution in [0.2, 0.25) is 0 Å². The van der Waals surface area contributed by atoms with Crippen molar-refractivity contribution in [3.8, 4) is 5.75 Å². The molecule has 0 spiro atoms. The molecule has 262 valence electrons. The van der Waals surface area contributed by atoms with Gasteiger partial charge >= 0.3 is 0 Å².